The van der Waals surface area contributed by atoms with Gasteiger partial charge in [0.25, 0.3) is 0 Å². The van der Waals surface area contributed by atoms with Gasteiger partial charge in [0.05, 0.1) is 0 Å². The largest absolute Gasteiger partial charge is 0.289 e. The molecule has 1 aromatic rings. The van der Waals surface area contributed by atoms with Gasteiger partial charge in [-0.3, -0.25) is 4.79 Å². The van der Waals surface area contributed by atoms with Crippen LogP contribution in [0.25, 0.3) is 0 Å². The summed E-state index contributed by atoms with van der Waals surface area (Å²) in [6, 6.07) is 9.39. The van der Waals surface area contributed by atoms with Crippen LogP contribution in [0.4, 0.5) is 0 Å². The summed E-state index contributed by atoms with van der Waals surface area (Å²) in [4.78, 5) is 12.1. The molecule has 1 fully saturated rings. The Morgan fingerprint density at radius 2 is 1.89 bits per heavy atom. The van der Waals surface area contributed by atoms with Crippen molar-refractivity contribution in [2.75, 3.05) is 0 Å². The predicted octanol–water partition coefficient (Wildman–Crippen LogP) is 4.40. The molecule has 0 aliphatic heterocycles. The topological polar surface area (TPSA) is 17.1 Å². The SMILES string of the molecule is C#CCC1(/C=C/C(=O)c2ccccc2)CCCCC1. The molecule has 1 aliphatic rings. The second-order valence-corrected chi connectivity index (χ2v) is 5.37. The zero-order valence-corrected chi connectivity index (χ0v) is 11.3. The first-order valence-electron chi connectivity index (χ1n) is 6.98. The Balaban J connectivity index is 2.11. The molecular formula is C18H20O. The lowest BCUT2D eigenvalue weighted by molar-refractivity contribution is 0.104. The van der Waals surface area contributed by atoms with Crippen LogP contribution in [0.5, 0.6) is 0 Å². The average Bonchev–Trinajstić information content (AvgIpc) is 2.47. The monoisotopic (exact) mass is 252 g/mol. The number of carbonyl (C=O) groups is 1. The summed E-state index contributed by atoms with van der Waals surface area (Å²) in [5.74, 6) is 2.85. The summed E-state index contributed by atoms with van der Waals surface area (Å²) in [6.07, 6.45) is 16.0. The summed E-state index contributed by atoms with van der Waals surface area (Å²) < 4.78 is 0. The Morgan fingerprint density at radius 3 is 2.53 bits per heavy atom. The maximum absolute atomic E-state index is 12.1. The molecule has 0 spiro atoms. The molecule has 0 bridgehead atoms. The van der Waals surface area contributed by atoms with Gasteiger partial charge in [-0.2, -0.15) is 0 Å². The molecule has 98 valence electrons. The van der Waals surface area contributed by atoms with Gasteiger partial charge in [0.2, 0.25) is 0 Å². The summed E-state index contributed by atoms with van der Waals surface area (Å²) in [5, 5.41) is 0. The van der Waals surface area contributed by atoms with Crippen molar-refractivity contribution in [3.8, 4) is 12.3 Å². The van der Waals surface area contributed by atoms with E-state index in [0.717, 1.165) is 24.8 Å². The Kier molecular flexibility index (Phi) is 4.58. The first kappa shape index (κ1) is 13.6. The fourth-order valence-corrected chi connectivity index (χ4v) is 2.81. The number of hydrogen-bond acceptors (Lipinski definition) is 1. The fraction of sp³-hybridized carbons (Fsp3) is 0.389. The molecular weight excluding hydrogens is 232 g/mol. The molecule has 1 heteroatoms. The molecule has 0 amide bonds. The van der Waals surface area contributed by atoms with Crippen molar-refractivity contribution < 1.29 is 4.79 Å². The van der Waals surface area contributed by atoms with E-state index in [1.54, 1.807) is 6.08 Å². The summed E-state index contributed by atoms with van der Waals surface area (Å²) in [7, 11) is 0. The van der Waals surface area contributed by atoms with E-state index in [4.69, 9.17) is 6.42 Å². The van der Waals surface area contributed by atoms with Gasteiger partial charge in [-0.25, -0.2) is 0 Å². The number of ketones is 1. The van der Waals surface area contributed by atoms with Crippen LogP contribution in [0.3, 0.4) is 0 Å². The van der Waals surface area contributed by atoms with Crippen LogP contribution < -0.4 is 0 Å². The molecule has 1 aliphatic carbocycles. The minimum absolute atomic E-state index is 0.0530. The molecule has 1 aromatic carbocycles. The van der Waals surface area contributed by atoms with Crippen LogP contribution >= 0.6 is 0 Å². The second kappa shape index (κ2) is 6.38. The van der Waals surface area contributed by atoms with E-state index < -0.39 is 0 Å². The predicted molar refractivity (Wildman–Crippen MR) is 78.9 cm³/mol. The maximum atomic E-state index is 12.1. The molecule has 2 rings (SSSR count). The molecule has 0 heterocycles. The minimum atomic E-state index is 0.0530. The molecule has 0 aromatic heterocycles. The molecule has 0 N–H and O–H groups in total. The summed E-state index contributed by atoms with van der Waals surface area (Å²) in [6.45, 7) is 0. The van der Waals surface area contributed by atoms with Gasteiger partial charge in [0.1, 0.15) is 0 Å². The highest BCUT2D eigenvalue weighted by atomic mass is 16.1. The van der Waals surface area contributed by atoms with Crippen molar-refractivity contribution in [2.24, 2.45) is 5.41 Å². The number of hydrogen-bond donors (Lipinski definition) is 0. The minimum Gasteiger partial charge on any atom is -0.289 e. The number of allylic oxidation sites excluding steroid dienone is 2. The maximum Gasteiger partial charge on any atom is 0.185 e. The lowest BCUT2D eigenvalue weighted by atomic mass is 9.71. The van der Waals surface area contributed by atoms with Gasteiger partial charge in [0.15, 0.2) is 5.78 Å². The Hall–Kier alpha value is -1.81. The van der Waals surface area contributed by atoms with Gasteiger partial charge < -0.3 is 0 Å². The van der Waals surface area contributed by atoms with Gasteiger partial charge in [-0.15, -0.1) is 12.3 Å². The zero-order valence-electron chi connectivity index (χ0n) is 11.3. The molecule has 0 unspecified atom stereocenters. The third-order valence-corrected chi connectivity index (χ3v) is 3.95. The van der Waals surface area contributed by atoms with Crippen molar-refractivity contribution in [1.29, 1.82) is 0 Å². The van der Waals surface area contributed by atoms with Crippen LogP contribution in [-0.2, 0) is 0 Å². The normalized spacial score (nSPS) is 18.1. The van der Waals surface area contributed by atoms with Gasteiger partial charge in [-0.05, 0) is 24.3 Å². The molecule has 19 heavy (non-hydrogen) atoms. The lowest BCUT2D eigenvalue weighted by Gasteiger charge is -2.32. The first-order valence-corrected chi connectivity index (χ1v) is 6.98. The summed E-state index contributed by atoms with van der Waals surface area (Å²) in [5.41, 5.74) is 0.794. The number of rotatable bonds is 4. The fourth-order valence-electron chi connectivity index (χ4n) is 2.81. The van der Waals surface area contributed by atoms with E-state index in [1.807, 2.05) is 30.3 Å². The Bertz CT molecular complexity index is 484. The van der Waals surface area contributed by atoms with Gasteiger partial charge in [-0.1, -0.05) is 55.7 Å². The number of benzene rings is 1. The molecule has 0 saturated heterocycles. The van der Waals surface area contributed by atoms with Crippen molar-refractivity contribution in [3.05, 3.63) is 48.0 Å². The zero-order chi connectivity index (χ0) is 13.6. The van der Waals surface area contributed by atoms with E-state index in [-0.39, 0.29) is 11.2 Å². The number of carbonyl (C=O) groups excluding carboxylic acids is 1. The first-order chi connectivity index (χ1) is 9.26. The van der Waals surface area contributed by atoms with Gasteiger partial charge in [0, 0.05) is 12.0 Å². The van der Waals surface area contributed by atoms with E-state index in [0.29, 0.717) is 0 Å². The highest BCUT2D eigenvalue weighted by Crippen LogP contribution is 2.40. The van der Waals surface area contributed by atoms with Crippen LogP contribution in [-0.4, -0.2) is 5.78 Å². The van der Waals surface area contributed by atoms with E-state index in [1.165, 1.54) is 19.3 Å². The Labute approximate surface area is 115 Å². The molecule has 1 saturated carbocycles. The standard InChI is InChI=1S/C18H20O/c1-2-12-18(13-7-4-8-14-18)15-11-17(19)16-9-5-3-6-10-16/h1,3,5-6,9-11,15H,4,7-8,12-14H2/b15-11+. The third-order valence-electron chi connectivity index (χ3n) is 3.95. The van der Waals surface area contributed by atoms with Crippen LogP contribution in [0.15, 0.2) is 42.5 Å². The second-order valence-electron chi connectivity index (χ2n) is 5.37. The van der Waals surface area contributed by atoms with Crippen LogP contribution in [0.2, 0.25) is 0 Å². The molecule has 1 nitrogen and oxygen atoms in total. The highest BCUT2D eigenvalue weighted by molar-refractivity contribution is 6.04. The highest BCUT2D eigenvalue weighted by Gasteiger charge is 2.28. The molecule has 0 radical (unpaired) electrons. The van der Waals surface area contributed by atoms with E-state index in [2.05, 4.69) is 12.0 Å². The third kappa shape index (κ3) is 3.58. The van der Waals surface area contributed by atoms with E-state index in [9.17, 15) is 4.79 Å². The Morgan fingerprint density at radius 1 is 1.21 bits per heavy atom. The molecule has 0 atom stereocenters. The number of terminal acetylenes is 1. The van der Waals surface area contributed by atoms with Crippen LogP contribution in [0.1, 0.15) is 48.9 Å². The van der Waals surface area contributed by atoms with Crippen LogP contribution in [0, 0.1) is 17.8 Å². The average molecular weight is 252 g/mol. The lowest BCUT2D eigenvalue weighted by Crippen LogP contribution is -2.21. The van der Waals surface area contributed by atoms with Crippen molar-refractivity contribution in [2.45, 2.75) is 38.5 Å². The van der Waals surface area contributed by atoms with Gasteiger partial charge >= 0.3 is 0 Å². The summed E-state index contributed by atoms with van der Waals surface area (Å²) >= 11 is 0. The quantitative estimate of drug-likeness (QED) is 0.441. The van der Waals surface area contributed by atoms with Crippen molar-refractivity contribution >= 4 is 5.78 Å². The van der Waals surface area contributed by atoms with E-state index >= 15 is 0 Å². The van der Waals surface area contributed by atoms with Crippen molar-refractivity contribution in [1.82, 2.24) is 0 Å². The van der Waals surface area contributed by atoms with Crippen molar-refractivity contribution in [3.63, 3.8) is 0 Å². The smallest absolute Gasteiger partial charge is 0.185 e.